The van der Waals surface area contributed by atoms with Crippen LogP contribution >= 0.6 is 0 Å². The number of anilines is 3. The Labute approximate surface area is 136 Å². The van der Waals surface area contributed by atoms with E-state index in [0.29, 0.717) is 11.6 Å². The minimum atomic E-state index is -0.553. The van der Waals surface area contributed by atoms with Gasteiger partial charge in [-0.25, -0.2) is 4.79 Å². The van der Waals surface area contributed by atoms with Crippen LogP contribution in [0.5, 0.6) is 0 Å². The van der Waals surface area contributed by atoms with Gasteiger partial charge in [0.05, 0.1) is 0 Å². The lowest BCUT2D eigenvalue weighted by molar-refractivity contribution is 0.0635. The second-order valence-electron chi connectivity index (χ2n) is 6.11. The predicted octanol–water partition coefficient (Wildman–Crippen LogP) is 4.13. The third-order valence-electron chi connectivity index (χ3n) is 2.93. The summed E-state index contributed by atoms with van der Waals surface area (Å²) in [6.45, 7) is 7.52. The number of nitrogens with one attached hydrogen (secondary N) is 2. The standard InChI is InChI=1S/C17H22N4O2/c1-5-12-6-8-13(9-7-12)18-14-10-11-15(21-20-14)19-16(22)23-17(2,3)4/h6-11H,5H2,1-4H3,(H,18,20)(H,19,21,22). The van der Waals surface area contributed by atoms with Crippen molar-refractivity contribution in [1.29, 1.82) is 0 Å². The van der Waals surface area contributed by atoms with E-state index in [4.69, 9.17) is 4.74 Å². The normalized spacial score (nSPS) is 11.0. The molecule has 0 saturated heterocycles. The molecule has 6 nitrogen and oxygen atoms in total. The molecule has 0 aliphatic heterocycles. The van der Waals surface area contributed by atoms with E-state index in [0.717, 1.165) is 12.1 Å². The summed E-state index contributed by atoms with van der Waals surface area (Å²) in [6, 6.07) is 11.5. The zero-order valence-corrected chi connectivity index (χ0v) is 13.9. The second kappa shape index (κ2) is 7.09. The lowest BCUT2D eigenvalue weighted by atomic mass is 10.1. The number of ether oxygens (including phenoxy) is 1. The summed E-state index contributed by atoms with van der Waals surface area (Å²) in [4.78, 5) is 11.6. The molecule has 0 aliphatic rings. The van der Waals surface area contributed by atoms with Crippen LogP contribution in [0.15, 0.2) is 36.4 Å². The van der Waals surface area contributed by atoms with Gasteiger partial charge in [0.1, 0.15) is 5.60 Å². The number of aromatic nitrogens is 2. The Morgan fingerprint density at radius 3 is 2.17 bits per heavy atom. The minimum absolute atomic E-state index is 0.339. The number of aryl methyl sites for hydroxylation is 1. The minimum Gasteiger partial charge on any atom is -0.444 e. The fourth-order valence-corrected chi connectivity index (χ4v) is 1.85. The lowest BCUT2D eigenvalue weighted by Crippen LogP contribution is -2.27. The molecule has 0 radical (unpaired) electrons. The van der Waals surface area contributed by atoms with E-state index >= 15 is 0 Å². The van der Waals surface area contributed by atoms with E-state index in [1.807, 2.05) is 12.1 Å². The molecule has 1 aromatic heterocycles. The number of hydrogen-bond acceptors (Lipinski definition) is 5. The van der Waals surface area contributed by atoms with Gasteiger partial charge in [-0.05, 0) is 57.0 Å². The Bertz CT molecular complexity index is 646. The third-order valence-corrected chi connectivity index (χ3v) is 2.93. The zero-order chi connectivity index (χ0) is 16.9. The molecule has 0 fully saturated rings. The first-order valence-electron chi connectivity index (χ1n) is 7.55. The van der Waals surface area contributed by atoms with Crippen LogP contribution in [0.25, 0.3) is 0 Å². The number of rotatable bonds is 4. The Morgan fingerprint density at radius 1 is 1.04 bits per heavy atom. The van der Waals surface area contributed by atoms with Gasteiger partial charge in [-0.15, -0.1) is 10.2 Å². The Hall–Kier alpha value is -2.63. The molecule has 122 valence electrons. The Kier molecular flexibility index (Phi) is 5.16. The van der Waals surface area contributed by atoms with Crippen molar-refractivity contribution in [2.75, 3.05) is 10.6 Å². The van der Waals surface area contributed by atoms with Crippen LogP contribution in [0.4, 0.5) is 22.1 Å². The average Bonchev–Trinajstić information content (AvgIpc) is 2.48. The first kappa shape index (κ1) is 16.7. The Balaban J connectivity index is 1.94. The van der Waals surface area contributed by atoms with Crippen LogP contribution in [-0.2, 0) is 11.2 Å². The highest BCUT2D eigenvalue weighted by Crippen LogP contribution is 2.16. The van der Waals surface area contributed by atoms with Crippen molar-refractivity contribution in [1.82, 2.24) is 10.2 Å². The van der Waals surface area contributed by atoms with Gasteiger partial charge < -0.3 is 10.1 Å². The molecule has 0 spiro atoms. The summed E-state index contributed by atoms with van der Waals surface area (Å²) >= 11 is 0. The molecular weight excluding hydrogens is 292 g/mol. The van der Waals surface area contributed by atoms with Crippen LogP contribution in [0, 0.1) is 0 Å². The maximum atomic E-state index is 11.6. The van der Waals surface area contributed by atoms with Crippen molar-refractivity contribution in [3.63, 3.8) is 0 Å². The summed E-state index contributed by atoms with van der Waals surface area (Å²) in [7, 11) is 0. The molecule has 6 heteroatoms. The van der Waals surface area contributed by atoms with Crippen LogP contribution in [0.3, 0.4) is 0 Å². The van der Waals surface area contributed by atoms with Gasteiger partial charge in [-0.2, -0.15) is 0 Å². The van der Waals surface area contributed by atoms with Gasteiger partial charge in [0, 0.05) is 5.69 Å². The summed E-state index contributed by atoms with van der Waals surface area (Å²) < 4.78 is 5.16. The average molecular weight is 314 g/mol. The van der Waals surface area contributed by atoms with Gasteiger partial charge in [0.15, 0.2) is 11.6 Å². The summed E-state index contributed by atoms with van der Waals surface area (Å²) in [5, 5.41) is 13.7. The second-order valence-corrected chi connectivity index (χ2v) is 6.11. The van der Waals surface area contributed by atoms with E-state index in [1.165, 1.54) is 5.56 Å². The molecule has 2 rings (SSSR count). The van der Waals surface area contributed by atoms with Crippen molar-refractivity contribution >= 4 is 23.4 Å². The molecule has 2 N–H and O–H groups in total. The highest BCUT2D eigenvalue weighted by molar-refractivity contribution is 5.83. The molecule has 1 aromatic carbocycles. The van der Waals surface area contributed by atoms with E-state index in [2.05, 4.69) is 39.9 Å². The number of carbonyl (C=O) groups excluding carboxylic acids is 1. The smallest absolute Gasteiger partial charge is 0.413 e. The predicted molar refractivity (Wildman–Crippen MR) is 91.0 cm³/mol. The largest absolute Gasteiger partial charge is 0.444 e. The van der Waals surface area contributed by atoms with Crippen molar-refractivity contribution in [3.8, 4) is 0 Å². The highest BCUT2D eigenvalue weighted by Gasteiger charge is 2.16. The quantitative estimate of drug-likeness (QED) is 0.887. The molecule has 2 aromatic rings. The SMILES string of the molecule is CCc1ccc(Nc2ccc(NC(=O)OC(C)(C)C)nn2)cc1. The highest BCUT2D eigenvalue weighted by atomic mass is 16.6. The topological polar surface area (TPSA) is 76.1 Å². The molecule has 0 aliphatic carbocycles. The lowest BCUT2D eigenvalue weighted by Gasteiger charge is -2.19. The summed E-state index contributed by atoms with van der Waals surface area (Å²) in [6.07, 6.45) is 0.452. The molecule has 0 saturated carbocycles. The zero-order valence-electron chi connectivity index (χ0n) is 13.9. The van der Waals surface area contributed by atoms with Crippen LogP contribution < -0.4 is 10.6 Å². The van der Waals surface area contributed by atoms with Gasteiger partial charge >= 0.3 is 6.09 Å². The van der Waals surface area contributed by atoms with Gasteiger partial charge in [0.2, 0.25) is 0 Å². The molecule has 0 atom stereocenters. The number of carbonyl (C=O) groups is 1. The maximum Gasteiger partial charge on any atom is 0.413 e. The third kappa shape index (κ3) is 5.58. The number of nitrogens with zero attached hydrogens (tertiary/aromatic N) is 2. The molecule has 0 unspecified atom stereocenters. The maximum absolute atomic E-state index is 11.6. The number of amides is 1. The van der Waals surface area contributed by atoms with Crippen molar-refractivity contribution in [3.05, 3.63) is 42.0 Å². The van der Waals surface area contributed by atoms with Crippen molar-refractivity contribution < 1.29 is 9.53 Å². The Morgan fingerprint density at radius 2 is 1.65 bits per heavy atom. The first-order chi connectivity index (χ1) is 10.9. The van der Waals surface area contributed by atoms with Crippen LogP contribution in [-0.4, -0.2) is 21.9 Å². The first-order valence-corrected chi connectivity index (χ1v) is 7.55. The van der Waals surface area contributed by atoms with Gasteiger partial charge in [-0.3, -0.25) is 5.32 Å². The molecule has 1 heterocycles. The number of hydrogen-bond donors (Lipinski definition) is 2. The van der Waals surface area contributed by atoms with Crippen molar-refractivity contribution in [2.45, 2.75) is 39.7 Å². The molecule has 1 amide bonds. The van der Waals surface area contributed by atoms with E-state index in [-0.39, 0.29) is 0 Å². The fraction of sp³-hybridized carbons (Fsp3) is 0.353. The number of benzene rings is 1. The molecule has 23 heavy (non-hydrogen) atoms. The van der Waals surface area contributed by atoms with E-state index in [1.54, 1.807) is 32.9 Å². The van der Waals surface area contributed by atoms with E-state index < -0.39 is 11.7 Å². The molecule has 0 bridgehead atoms. The van der Waals surface area contributed by atoms with Crippen LogP contribution in [0.1, 0.15) is 33.3 Å². The summed E-state index contributed by atoms with van der Waals surface area (Å²) in [5.74, 6) is 0.940. The van der Waals surface area contributed by atoms with Gasteiger partial charge in [-0.1, -0.05) is 19.1 Å². The summed E-state index contributed by atoms with van der Waals surface area (Å²) in [5.41, 5.74) is 1.66. The van der Waals surface area contributed by atoms with Gasteiger partial charge in [0.25, 0.3) is 0 Å². The monoisotopic (exact) mass is 314 g/mol. The molecular formula is C17H22N4O2. The van der Waals surface area contributed by atoms with E-state index in [9.17, 15) is 4.79 Å². The fourth-order valence-electron chi connectivity index (χ4n) is 1.85. The van der Waals surface area contributed by atoms with Crippen LogP contribution in [0.2, 0.25) is 0 Å². The van der Waals surface area contributed by atoms with Crippen molar-refractivity contribution in [2.24, 2.45) is 0 Å².